The molecule has 2 aliphatic heterocycles. The van der Waals surface area contributed by atoms with Crippen LogP contribution in [0.4, 0.5) is 17.3 Å². The maximum absolute atomic E-state index is 12.6. The Morgan fingerprint density at radius 3 is 2.74 bits per heavy atom. The quantitative estimate of drug-likeness (QED) is 0.510. The van der Waals surface area contributed by atoms with Crippen LogP contribution in [0.15, 0.2) is 18.6 Å². The summed E-state index contributed by atoms with van der Waals surface area (Å²) in [6.45, 7) is 3.23. The van der Waals surface area contributed by atoms with E-state index >= 15 is 0 Å². The van der Waals surface area contributed by atoms with Gasteiger partial charge in [-0.3, -0.25) is 14.3 Å². The van der Waals surface area contributed by atoms with Crippen LogP contribution in [0.2, 0.25) is 0 Å². The van der Waals surface area contributed by atoms with Gasteiger partial charge < -0.3 is 26.6 Å². The first-order valence-electron chi connectivity index (χ1n) is 10.7. The molecular formula is C20H29N9O2. The van der Waals surface area contributed by atoms with Gasteiger partial charge in [0.15, 0.2) is 11.5 Å². The van der Waals surface area contributed by atoms with Crippen molar-refractivity contribution in [1.82, 2.24) is 30.4 Å². The Morgan fingerprint density at radius 1 is 1.23 bits per heavy atom. The summed E-state index contributed by atoms with van der Waals surface area (Å²) in [7, 11) is 1.80. The number of aromatic nitrogens is 4. The number of carbonyl (C=O) groups is 2. The summed E-state index contributed by atoms with van der Waals surface area (Å²) in [5.41, 5.74) is 6.23. The lowest BCUT2D eigenvalue weighted by Gasteiger charge is -2.35. The third-order valence-corrected chi connectivity index (χ3v) is 5.76. The second kappa shape index (κ2) is 9.29. The van der Waals surface area contributed by atoms with Crippen LogP contribution in [0.25, 0.3) is 0 Å². The van der Waals surface area contributed by atoms with Gasteiger partial charge in [-0.2, -0.15) is 5.10 Å². The Morgan fingerprint density at radius 2 is 2.03 bits per heavy atom. The summed E-state index contributed by atoms with van der Waals surface area (Å²) in [5.74, 6) is 0.497. The molecule has 0 saturated carbocycles. The third-order valence-electron chi connectivity index (χ3n) is 5.76. The van der Waals surface area contributed by atoms with Crippen LogP contribution in [-0.4, -0.2) is 63.8 Å². The highest BCUT2D eigenvalue weighted by atomic mass is 16.2. The van der Waals surface area contributed by atoms with Crippen molar-refractivity contribution in [2.45, 2.75) is 31.7 Å². The molecule has 2 aromatic rings. The van der Waals surface area contributed by atoms with E-state index in [1.54, 1.807) is 30.3 Å². The molecule has 4 rings (SSSR count). The maximum Gasteiger partial charge on any atom is 0.271 e. The molecule has 4 heterocycles. The lowest BCUT2D eigenvalue weighted by molar-refractivity contribution is -0.126. The molecule has 2 aromatic heterocycles. The second-order valence-corrected chi connectivity index (χ2v) is 8.14. The standard InChI is InChI=1S/C20H29N9O2/c1-28-11-15(9-24-28)25-19-17(18(21)30)23-10-16(27-19)29-8-2-3-14(12-29)26-20(31)13-4-6-22-7-5-13/h9-11,13-14,22H,2-8,12H2,1H3,(H2,21,30)(H,25,27)(H,26,31)/t14-/m1/s1. The fourth-order valence-electron chi connectivity index (χ4n) is 4.13. The zero-order chi connectivity index (χ0) is 21.8. The molecule has 2 amide bonds. The van der Waals surface area contributed by atoms with Crippen LogP contribution in [0.5, 0.6) is 0 Å². The number of piperidine rings is 2. The van der Waals surface area contributed by atoms with E-state index < -0.39 is 5.91 Å². The first kappa shape index (κ1) is 21.0. The number of nitrogens with one attached hydrogen (secondary N) is 3. The minimum absolute atomic E-state index is 0.0588. The third kappa shape index (κ3) is 5.10. The molecule has 0 aliphatic carbocycles. The molecule has 5 N–H and O–H groups in total. The van der Waals surface area contributed by atoms with Crippen molar-refractivity contribution in [3.05, 3.63) is 24.3 Å². The number of nitrogens with two attached hydrogens (primary N) is 1. The van der Waals surface area contributed by atoms with E-state index in [0.717, 1.165) is 45.3 Å². The Balaban J connectivity index is 1.46. The molecule has 2 fully saturated rings. The predicted molar refractivity (Wildman–Crippen MR) is 116 cm³/mol. The number of carbonyl (C=O) groups excluding carboxylic acids is 2. The molecule has 2 aliphatic rings. The smallest absolute Gasteiger partial charge is 0.271 e. The number of anilines is 3. The first-order chi connectivity index (χ1) is 15.0. The molecule has 11 nitrogen and oxygen atoms in total. The van der Waals surface area contributed by atoms with Crippen LogP contribution in [-0.2, 0) is 11.8 Å². The predicted octanol–water partition coefficient (Wildman–Crippen LogP) is 0.137. The normalized spacial score (nSPS) is 19.8. The minimum atomic E-state index is -0.656. The van der Waals surface area contributed by atoms with Gasteiger partial charge in [-0.1, -0.05) is 0 Å². The molecule has 31 heavy (non-hydrogen) atoms. The number of rotatable bonds is 6. The van der Waals surface area contributed by atoms with Gasteiger partial charge in [0.1, 0.15) is 5.82 Å². The van der Waals surface area contributed by atoms with E-state index in [4.69, 9.17) is 5.73 Å². The summed E-state index contributed by atoms with van der Waals surface area (Å²) in [6.07, 6.45) is 8.59. The van der Waals surface area contributed by atoms with Crippen molar-refractivity contribution in [1.29, 1.82) is 0 Å². The topological polar surface area (TPSA) is 143 Å². The number of amides is 2. The Bertz CT molecular complexity index is 938. The molecule has 11 heteroatoms. The van der Waals surface area contributed by atoms with Crippen molar-refractivity contribution in [2.24, 2.45) is 18.7 Å². The van der Waals surface area contributed by atoms with E-state index in [2.05, 4.69) is 35.9 Å². The van der Waals surface area contributed by atoms with Crippen molar-refractivity contribution in [3.8, 4) is 0 Å². The summed E-state index contributed by atoms with van der Waals surface area (Å²) in [6, 6.07) is 0.0588. The van der Waals surface area contributed by atoms with Crippen LogP contribution in [0, 0.1) is 5.92 Å². The summed E-state index contributed by atoms with van der Waals surface area (Å²) >= 11 is 0. The van der Waals surface area contributed by atoms with Crippen LogP contribution < -0.4 is 26.6 Å². The minimum Gasteiger partial charge on any atom is -0.364 e. The van der Waals surface area contributed by atoms with E-state index in [1.165, 1.54) is 0 Å². The Hall–Kier alpha value is -3.21. The molecule has 0 spiro atoms. The lowest BCUT2D eigenvalue weighted by Crippen LogP contribution is -2.50. The number of aryl methyl sites for hydroxylation is 1. The highest BCUT2D eigenvalue weighted by Crippen LogP contribution is 2.23. The molecule has 0 aromatic carbocycles. The fraction of sp³-hybridized carbons (Fsp3) is 0.550. The fourth-order valence-corrected chi connectivity index (χ4v) is 4.13. The van der Waals surface area contributed by atoms with Crippen molar-refractivity contribution in [2.75, 3.05) is 36.4 Å². The second-order valence-electron chi connectivity index (χ2n) is 8.14. The van der Waals surface area contributed by atoms with Gasteiger partial charge in [0.25, 0.3) is 5.91 Å². The summed E-state index contributed by atoms with van der Waals surface area (Å²) in [5, 5.41) is 13.7. The summed E-state index contributed by atoms with van der Waals surface area (Å²) < 4.78 is 1.64. The van der Waals surface area contributed by atoms with Crippen LogP contribution in [0.3, 0.4) is 0 Å². The summed E-state index contributed by atoms with van der Waals surface area (Å²) in [4.78, 5) is 35.4. The van der Waals surface area contributed by atoms with E-state index in [1.807, 2.05) is 0 Å². The molecule has 0 unspecified atom stereocenters. The Labute approximate surface area is 180 Å². The maximum atomic E-state index is 12.6. The van der Waals surface area contributed by atoms with Crippen molar-refractivity contribution >= 4 is 29.1 Å². The Kier molecular flexibility index (Phi) is 6.31. The zero-order valence-electron chi connectivity index (χ0n) is 17.7. The van der Waals surface area contributed by atoms with E-state index in [-0.39, 0.29) is 23.6 Å². The number of nitrogens with zero attached hydrogens (tertiary/aromatic N) is 5. The zero-order valence-corrected chi connectivity index (χ0v) is 17.7. The monoisotopic (exact) mass is 427 g/mol. The van der Waals surface area contributed by atoms with Crippen molar-refractivity contribution in [3.63, 3.8) is 0 Å². The average Bonchev–Trinajstić information content (AvgIpc) is 3.19. The van der Waals surface area contributed by atoms with Gasteiger partial charge in [-0.15, -0.1) is 0 Å². The first-order valence-corrected chi connectivity index (χ1v) is 10.7. The van der Waals surface area contributed by atoms with Gasteiger partial charge in [-0.25, -0.2) is 9.97 Å². The highest BCUT2D eigenvalue weighted by Gasteiger charge is 2.27. The van der Waals surface area contributed by atoms with Gasteiger partial charge in [0.05, 0.1) is 18.1 Å². The SMILES string of the molecule is Cn1cc(Nc2nc(N3CCC[C@@H](NC(=O)C4CCNCC4)C3)cnc2C(N)=O)cn1. The van der Waals surface area contributed by atoms with Crippen molar-refractivity contribution < 1.29 is 9.59 Å². The number of primary amides is 1. The highest BCUT2D eigenvalue weighted by molar-refractivity contribution is 5.96. The van der Waals surface area contributed by atoms with Gasteiger partial charge in [0, 0.05) is 38.3 Å². The molecule has 1 atom stereocenters. The largest absolute Gasteiger partial charge is 0.364 e. The molecule has 0 bridgehead atoms. The van der Waals surface area contributed by atoms with Gasteiger partial charge >= 0.3 is 0 Å². The molecular weight excluding hydrogens is 398 g/mol. The van der Waals surface area contributed by atoms with Gasteiger partial charge in [0.2, 0.25) is 5.91 Å². The number of hydrogen-bond acceptors (Lipinski definition) is 8. The van der Waals surface area contributed by atoms with E-state index in [0.29, 0.717) is 23.9 Å². The molecule has 166 valence electrons. The van der Waals surface area contributed by atoms with E-state index in [9.17, 15) is 9.59 Å². The van der Waals surface area contributed by atoms with Crippen LogP contribution >= 0.6 is 0 Å². The lowest BCUT2D eigenvalue weighted by atomic mass is 9.96. The van der Waals surface area contributed by atoms with Gasteiger partial charge in [-0.05, 0) is 38.8 Å². The molecule has 2 saturated heterocycles. The average molecular weight is 428 g/mol. The molecule has 0 radical (unpaired) electrons. The number of hydrogen-bond donors (Lipinski definition) is 4. The van der Waals surface area contributed by atoms with Crippen LogP contribution in [0.1, 0.15) is 36.2 Å².